The van der Waals surface area contributed by atoms with Gasteiger partial charge in [-0.15, -0.1) is 0 Å². The quantitative estimate of drug-likeness (QED) is 0.406. The lowest BCUT2D eigenvalue weighted by atomic mass is 10.1. The summed E-state index contributed by atoms with van der Waals surface area (Å²) in [6.07, 6.45) is 1.12. The second-order valence-electron chi connectivity index (χ2n) is 3.04. The van der Waals surface area contributed by atoms with Gasteiger partial charge in [-0.2, -0.15) is 4.99 Å². The number of carbonyl (C=O) groups is 3. The summed E-state index contributed by atoms with van der Waals surface area (Å²) >= 11 is 0. The highest BCUT2D eigenvalue weighted by Gasteiger charge is 2.22. The first-order valence-corrected chi connectivity index (χ1v) is 4.83. The zero-order valence-electron chi connectivity index (χ0n) is 9.23. The molecule has 0 saturated carbocycles. The van der Waals surface area contributed by atoms with Crippen molar-refractivity contribution < 1.29 is 24.3 Å². The fourth-order valence-electron chi connectivity index (χ4n) is 0.925. The predicted octanol–water partition coefficient (Wildman–Crippen LogP) is -0.599. The van der Waals surface area contributed by atoms with Gasteiger partial charge in [0.05, 0.1) is 0 Å². The number of hydrogen-bond acceptors (Lipinski definition) is 5. The molecular weight excluding hydrogens is 230 g/mol. The van der Waals surface area contributed by atoms with Crippen molar-refractivity contribution in [2.45, 2.75) is 25.8 Å². The molecule has 1 unspecified atom stereocenters. The second kappa shape index (κ2) is 8.00. The molecule has 0 aliphatic rings. The van der Waals surface area contributed by atoms with Gasteiger partial charge in [-0.1, -0.05) is 6.92 Å². The molecule has 1 atom stereocenters. The Morgan fingerprint density at radius 3 is 2.53 bits per heavy atom. The van der Waals surface area contributed by atoms with Crippen LogP contribution in [-0.4, -0.2) is 41.7 Å². The SMILES string of the molecule is CCC(=O)CC(NC(=O)NCN=C=O)C(=O)O. The van der Waals surface area contributed by atoms with Crippen molar-refractivity contribution in [2.75, 3.05) is 6.67 Å². The molecule has 8 nitrogen and oxygen atoms in total. The normalized spacial score (nSPS) is 10.9. The van der Waals surface area contributed by atoms with Crippen molar-refractivity contribution in [3.63, 3.8) is 0 Å². The van der Waals surface area contributed by atoms with Crippen LogP contribution in [0, 0.1) is 0 Å². The van der Waals surface area contributed by atoms with E-state index in [2.05, 4.69) is 15.6 Å². The molecule has 0 rings (SSSR count). The van der Waals surface area contributed by atoms with Crippen molar-refractivity contribution in [1.82, 2.24) is 10.6 Å². The number of urea groups is 1. The topological polar surface area (TPSA) is 125 Å². The van der Waals surface area contributed by atoms with E-state index in [1.54, 1.807) is 6.92 Å². The molecule has 0 aliphatic heterocycles. The van der Waals surface area contributed by atoms with Crippen LogP contribution in [0.3, 0.4) is 0 Å². The maximum absolute atomic E-state index is 11.1. The van der Waals surface area contributed by atoms with Gasteiger partial charge in [0.2, 0.25) is 6.08 Å². The van der Waals surface area contributed by atoms with Gasteiger partial charge < -0.3 is 15.7 Å². The highest BCUT2D eigenvalue weighted by atomic mass is 16.4. The molecule has 0 spiro atoms. The zero-order valence-corrected chi connectivity index (χ0v) is 9.23. The largest absolute Gasteiger partial charge is 0.480 e. The molecule has 0 aromatic carbocycles. The monoisotopic (exact) mass is 243 g/mol. The van der Waals surface area contributed by atoms with Gasteiger partial charge in [-0.3, -0.25) is 4.79 Å². The second-order valence-corrected chi connectivity index (χ2v) is 3.04. The Labute approximate surface area is 97.1 Å². The third-order valence-electron chi connectivity index (χ3n) is 1.81. The van der Waals surface area contributed by atoms with E-state index in [0.29, 0.717) is 0 Å². The van der Waals surface area contributed by atoms with Crippen LogP contribution in [0.25, 0.3) is 0 Å². The van der Waals surface area contributed by atoms with E-state index >= 15 is 0 Å². The Balaban J connectivity index is 4.24. The smallest absolute Gasteiger partial charge is 0.326 e. The number of hydrogen-bond donors (Lipinski definition) is 3. The van der Waals surface area contributed by atoms with Crippen molar-refractivity contribution in [1.29, 1.82) is 0 Å². The summed E-state index contributed by atoms with van der Waals surface area (Å²) < 4.78 is 0. The molecule has 17 heavy (non-hydrogen) atoms. The first-order valence-electron chi connectivity index (χ1n) is 4.83. The van der Waals surface area contributed by atoms with Crippen LogP contribution in [0.15, 0.2) is 4.99 Å². The number of Topliss-reactive ketones (excluding diaryl/α,β-unsaturated/α-hetero) is 1. The van der Waals surface area contributed by atoms with E-state index in [1.807, 2.05) is 0 Å². The van der Waals surface area contributed by atoms with Crippen LogP contribution in [0.4, 0.5) is 4.79 Å². The van der Waals surface area contributed by atoms with Crippen LogP contribution in [0.2, 0.25) is 0 Å². The highest BCUT2D eigenvalue weighted by Crippen LogP contribution is 1.97. The summed E-state index contributed by atoms with van der Waals surface area (Å²) in [5.74, 6) is -1.58. The minimum absolute atomic E-state index is 0.197. The third kappa shape index (κ3) is 6.80. The number of ketones is 1. The number of aliphatic imine (C=N–C) groups is 1. The number of carboxylic acids is 1. The predicted molar refractivity (Wildman–Crippen MR) is 56.0 cm³/mol. The Morgan fingerprint density at radius 1 is 1.41 bits per heavy atom. The Bertz CT molecular complexity index is 349. The lowest BCUT2D eigenvalue weighted by Crippen LogP contribution is -2.46. The summed E-state index contributed by atoms with van der Waals surface area (Å²) in [5.41, 5.74) is 0. The molecule has 3 N–H and O–H groups in total. The number of aliphatic carboxylic acids is 1. The molecule has 0 radical (unpaired) electrons. The number of isocyanates is 1. The van der Waals surface area contributed by atoms with Gasteiger partial charge >= 0.3 is 12.0 Å². The molecule has 0 aromatic rings. The molecule has 94 valence electrons. The molecule has 2 amide bonds. The van der Waals surface area contributed by atoms with Crippen LogP contribution >= 0.6 is 0 Å². The van der Waals surface area contributed by atoms with Crippen molar-refractivity contribution in [3.05, 3.63) is 0 Å². The molecule has 0 saturated heterocycles. The Morgan fingerprint density at radius 2 is 2.06 bits per heavy atom. The number of carboxylic acid groups (broad SMARTS) is 1. The third-order valence-corrected chi connectivity index (χ3v) is 1.81. The van der Waals surface area contributed by atoms with Crippen molar-refractivity contribution in [2.24, 2.45) is 4.99 Å². The minimum Gasteiger partial charge on any atom is -0.480 e. The average molecular weight is 243 g/mol. The van der Waals surface area contributed by atoms with Crippen LogP contribution in [0.1, 0.15) is 19.8 Å². The fourth-order valence-corrected chi connectivity index (χ4v) is 0.925. The Hall–Kier alpha value is -2.21. The van der Waals surface area contributed by atoms with Crippen LogP contribution in [0.5, 0.6) is 0 Å². The van der Waals surface area contributed by atoms with E-state index < -0.39 is 18.0 Å². The van der Waals surface area contributed by atoms with E-state index in [4.69, 9.17) is 5.11 Å². The van der Waals surface area contributed by atoms with Crippen LogP contribution < -0.4 is 10.6 Å². The van der Waals surface area contributed by atoms with Gasteiger partial charge in [-0.25, -0.2) is 14.4 Å². The maximum atomic E-state index is 11.1. The number of nitrogens with one attached hydrogen (secondary N) is 2. The fraction of sp³-hybridized carbons (Fsp3) is 0.556. The summed E-state index contributed by atoms with van der Waals surface area (Å²) in [7, 11) is 0. The van der Waals surface area contributed by atoms with E-state index in [9.17, 15) is 19.2 Å². The van der Waals surface area contributed by atoms with Crippen molar-refractivity contribution >= 4 is 23.9 Å². The van der Waals surface area contributed by atoms with Gasteiger partial charge in [-0.05, 0) is 0 Å². The standard InChI is InChI=1S/C9H13N3O5/c1-2-6(14)3-7(8(15)16)12-9(17)11-4-10-5-13/h7H,2-4H2,1H3,(H,15,16)(H2,11,12,17). The number of rotatable bonds is 7. The van der Waals surface area contributed by atoms with E-state index in [-0.39, 0.29) is 25.3 Å². The Kier molecular flexibility index (Phi) is 6.96. The average Bonchev–Trinajstić information content (AvgIpc) is 2.28. The number of amides is 2. The van der Waals surface area contributed by atoms with Gasteiger partial charge in [0, 0.05) is 12.8 Å². The summed E-state index contributed by atoms with van der Waals surface area (Å²) in [6.45, 7) is 1.30. The first kappa shape index (κ1) is 14.8. The maximum Gasteiger partial charge on any atom is 0.326 e. The van der Waals surface area contributed by atoms with Crippen LogP contribution in [-0.2, 0) is 14.4 Å². The number of carbonyl (C=O) groups excluding carboxylic acids is 3. The van der Waals surface area contributed by atoms with Crippen molar-refractivity contribution in [3.8, 4) is 0 Å². The lowest BCUT2D eigenvalue weighted by molar-refractivity contribution is -0.140. The molecular formula is C9H13N3O5. The van der Waals surface area contributed by atoms with E-state index in [1.165, 1.54) is 6.08 Å². The van der Waals surface area contributed by atoms with Gasteiger partial charge in [0.1, 0.15) is 18.5 Å². The lowest BCUT2D eigenvalue weighted by Gasteiger charge is -2.13. The van der Waals surface area contributed by atoms with Gasteiger partial charge in [0.15, 0.2) is 0 Å². The minimum atomic E-state index is -1.30. The van der Waals surface area contributed by atoms with E-state index in [0.717, 1.165) is 0 Å². The summed E-state index contributed by atoms with van der Waals surface area (Å²) in [4.78, 5) is 45.7. The number of nitrogens with zero attached hydrogens (tertiary/aromatic N) is 1. The van der Waals surface area contributed by atoms with Gasteiger partial charge in [0.25, 0.3) is 0 Å². The first-order chi connectivity index (χ1) is 8.01. The molecule has 0 aromatic heterocycles. The summed E-state index contributed by atoms with van der Waals surface area (Å²) in [5, 5.41) is 12.9. The molecule has 8 heteroatoms. The molecule has 0 fully saturated rings. The highest BCUT2D eigenvalue weighted by molar-refractivity contribution is 5.88. The molecule has 0 bridgehead atoms. The molecule has 0 heterocycles. The molecule has 0 aliphatic carbocycles. The zero-order chi connectivity index (χ0) is 13.3. The summed E-state index contributed by atoms with van der Waals surface area (Å²) in [6, 6.07) is -2.11.